The molecule has 0 aliphatic heterocycles. The summed E-state index contributed by atoms with van der Waals surface area (Å²) in [5.41, 5.74) is 6.76. The van der Waals surface area contributed by atoms with Gasteiger partial charge in [0.25, 0.3) is 0 Å². The minimum absolute atomic E-state index is 0.0380. The summed E-state index contributed by atoms with van der Waals surface area (Å²) < 4.78 is 5.41. The van der Waals surface area contributed by atoms with Crippen molar-refractivity contribution in [1.29, 1.82) is 0 Å². The number of anilines is 1. The first kappa shape index (κ1) is 13.9. The monoisotopic (exact) mass is 262 g/mol. The Morgan fingerprint density at radius 3 is 3.00 bits per heavy atom. The number of hydrogen-bond acceptors (Lipinski definition) is 3. The molecule has 0 spiro atoms. The van der Waals surface area contributed by atoms with Gasteiger partial charge in [-0.25, -0.2) is 0 Å². The van der Waals surface area contributed by atoms with Crippen LogP contribution in [-0.4, -0.2) is 18.6 Å². The van der Waals surface area contributed by atoms with E-state index < -0.39 is 0 Å². The lowest BCUT2D eigenvalue weighted by molar-refractivity contribution is -0.117. The topological polar surface area (TPSA) is 64.3 Å². The molecule has 1 fully saturated rings. The highest BCUT2D eigenvalue weighted by Crippen LogP contribution is 2.27. The number of nitrogens with two attached hydrogens (primary N) is 1. The van der Waals surface area contributed by atoms with Crippen molar-refractivity contribution in [2.75, 3.05) is 11.9 Å². The Labute approximate surface area is 114 Å². The van der Waals surface area contributed by atoms with Crippen LogP contribution in [0.4, 0.5) is 5.69 Å². The van der Waals surface area contributed by atoms with Gasteiger partial charge in [0, 0.05) is 24.2 Å². The van der Waals surface area contributed by atoms with Crippen molar-refractivity contribution >= 4 is 11.6 Å². The molecular formula is C15H22N2O2. The fourth-order valence-electron chi connectivity index (χ4n) is 2.60. The van der Waals surface area contributed by atoms with Gasteiger partial charge in [-0.15, -0.1) is 0 Å². The summed E-state index contributed by atoms with van der Waals surface area (Å²) in [7, 11) is 0. The van der Waals surface area contributed by atoms with Gasteiger partial charge in [0.2, 0.25) is 5.91 Å². The first-order chi connectivity index (χ1) is 9.19. The minimum Gasteiger partial charge on any atom is -0.494 e. The van der Waals surface area contributed by atoms with Gasteiger partial charge in [-0.1, -0.05) is 12.5 Å². The summed E-state index contributed by atoms with van der Waals surface area (Å²) in [5, 5.41) is 2.91. The second kappa shape index (κ2) is 6.57. The molecule has 1 saturated carbocycles. The van der Waals surface area contributed by atoms with Crippen molar-refractivity contribution in [3.63, 3.8) is 0 Å². The van der Waals surface area contributed by atoms with Crippen LogP contribution >= 0.6 is 0 Å². The van der Waals surface area contributed by atoms with E-state index in [9.17, 15) is 4.79 Å². The molecule has 0 bridgehead atoms. The van der Waals surface area contributed by atoms with E-state index in [0.29, 0.717) is 18.9 Å². The average Bonchev–Trinajstić information content (AvgIpc) is 2.76. The summed E-state index contributed by atoms with van der Waals surface area (Å²) in [6, 6.07) is 7.65. The molecule has 1 amide bonds. The van der Waals surface area contributed by atoms with E-state index in [4.69, 9.17) is 10.5 Å². The van der Waals surface area contributed by atoms with Crippen LogP contribution in [0.2, 0.25) is 0 Å². The van der Waals surface area contributed by atoms with Gasteiger partial charge in [0.05, 0.1) is 6.61 Å². The molecule has 104 valence electrons. The van der Waals surface area contributed by atoms with Crippen molar-refractivity contribution in [3.8, 4) is 5.75 Å². The molecule has 4 nitrogen and oxygen atoms in total. The van der Waals surface area contributed by atoms with Crippen LogP contribution in [0.25, 0.3) is 0 Å². The molecule has 0 aromatic heterocycles. The van der Waals surface area contributed by atoms with E-state index in [2.05, 4.69) is 5.32 Å². The largest absolute Gasteiger partial charge is 0.494 e. The lowest BCUT2D eigenvalue weighted by Gasteiger charge is -2.15. The fraction of sp³-hybridized carbons (Fsp3) is 0.533. The highest BCUT2D eigenvalue weighted by Gasteiger charge is 2.25. The number of carbonyl (C=O) groups excluding carboxylic acids is 1. The molecule has 1 aliphatic carbocycles. The first-order valence-corrected chi connectivity index (χ1v) is 6.97. The number of carbonyl (C=O) groups is 1. The van der Waals surface area contributed by atoms with Crippen LogP contribution in [0.1, 0.15) is 32.6 Å². The molecule has 2 atom stereocenters. The van der Waals surface area contributed by atoms with E-state index in [1.165, 1.54) is 0 Å². The molecule has 1 aromatic carbocycles. The van der Waals surface area contributed by atoms with Gasteiger partial charge < -0.3 is 15.8 Å². The Kier molecular flexibility index (Phi) is 4.80. The molecule has 1 aliphatic rings. The van der Waals surface area contributed by atoms with Crippen LogP contribution in [-0.2, 0) is 4.79 Å². The standard InChI is InChI=1S/C15H22N2O2/c1-2-19-13-7-4-6-12(10-13)17-15(18)9-11-5-3-8-14(11)16/h4,6-7,10-11,14H,2-3,5,8-9,16H2,1H3,(H,17,18)/t11-,14+/m0/s1. The average molecular weight is 262 g/mol. The number of amides is 1. The van der Waals surface area contributed by atoms with Gasteiger partial charge in [-0.05, 0) is 37.8 Å². The first-order valence-electron chi connectivity index (χ1n) is 6.97. The molecule has 0 heterocycles. The second-order valence-electron chi connectivity index (χ2n) is 5.07. The van der Waals surface area contributed by atoms with Crippen molar-refractivity contribution in [1.82, 2.24) is 0 Å². The molecule has 19 heavy (non-hydrogen) atoms. The van der Waals surface area contributed by atoms with E-state index in [1.807, 2.05) is 31.2 Å². The van der Waals surface area contributed by atoms with Gasteiger partial charge >= 0.3 is 0 Å². The van der Waals surface area contributed by atoms with Crippen molar-refractivity contribution in [3.05, 3.63) is 24.3 Å². The molecular weight excluding hydrogens is 240 g/mol. The van der Waals surface area contributed by atoms with Gasteiger partial charge in [0.1, 0.15) is 5.75 Å². The van der Waals surface area contributed by atoms with Crippen LogP contribution in [0.15, 0.2) is 24.3 Å². The quantitative estimate of drug-likeness (QED) is 0.857. The van der Waals surface area contributed by atoms with Gasteiger partial charge in [-0.3, -0.25) is 4.79 Å². The third kappa shape index (κ3) is 3.96. The summed E-state index contributed by atoms with van der Waals surface area (Å²) in [6.45, 7) is 2.56. The number of benzene rings is 1. The number of nitrogens with one attached hydrogen (secondary N) is 1. The van der Waals surface area contributed by atoms with E-state index in [0.717, 1.165) is 30.7 Å². The maximum absolute atomic E-state index is 12.0. The van der Waals surface area contributed by atoms with E-state index in [-0.39, 0.29) is 11.9 Å². The summed E-state index contributed by atoms with van der Waals surface area (Å²) in [5.74, 6) is 1.14. The van der Waals surface area contributed by atoms with Crippen LogP contribution in [0.3, 0.4) is 0 Å². The zero-order valence-electron chi connectivity index (χ0n) is 11.4. The maximum Gasteiger partial charge on any atom is 0.224 e. The highest BCUT2D eigenvalue weighted by atomic mass is 16.5. The van der Waals surface area contributed by atoms with Crippen LogP contribution < -0.4 is 15.8 Å². The molecule has 3 N–H and O–H groups in total. The number of rotatable bonds is 5. The molecule has 1 aromatic rings. The minimum atomic E-state index is 0.0380. The Hall–Kier alpha value is -1.55. The van der Waals surface area contributed by atoms with Crippen molar-refractivity contribution < 1.29 is 9.53 Å². The zero-order valence-corrected chi connectivity index (χ0v) is 11.4. The Morgan fingerprint density at radius 1 is 1.47 bits per heavy atom. The van der Waals surface area contributed by atoms with Crippen molar-refractivity contribution in [2.45, 2.75) is 38.6 Å². The van der Waals surface area contributed by atoms with Crippen LogP contribution in [0.5, 0.6) is 5.75 Å². The van der Waals surface area contributed by atoms with Crippen LogP contribution in [0, 0.1) is 5.92 Å². The zero-order chi connectivity index (χ0) is 13.7. The molecule has 0 saturated heterocycles. The van der Waals surface area contributed by atoms with E-state index in [1.54, 1.807) is 0 Å². The third-order valence-corrected chi connectivity index (χ3v) is 3.59. The van der Waals surface area contributed by atoms with E-state index >= 15 is 0 Å². The Bertz CT molecular complexity index is 434. The summed E-state index contributed by atoms with van der Waals surface area (Å²) in [4.78, 5) is 12.0. The number of ether oxygens (including phenoxy) is 1. The maximum atomic E-state index is 12.0. The smallest absolute Gasteiger partial charge is 0.224 e. The fourth-order valence-corrected chi connectivity index (χ4v) is 2.60. The predicted molar refractivity (Wildman–Crippen MR) is 76.2 cm³/mol. The Balaban J connectivity index is 1.89. The predicted octanol–water partition coefficient (Wildman–Crippen LogP) is 2.54. The lowest BCUT2D eigenvalue weighted by Crippen LogP contribution is -2.28. The third-order valence-electron chi connectivity index (χ3n) is 3.59. The summed E-state index contributed by atoms with van der Waals surface area (Å²) in [6.07, 6.45) is 3.75. The molecule has 4 heteroatoms. The highest BCUT2D eigenvalue weighted by molar-refractivity contribution is 5.91. The molecule has 2 rings (SSSR count). The van der Waals surface area contributed by atoms with Crippen molar-refractivity contribution in [2.24, 2.45) is 11.7 Å². The van der Waals surface area contributed by atoms with Gasteiger partial charge in [0.15, 0.2) is 0 Å². The number of hydrogen-bond donors (Lipinski definition) is 2. The second-order valence-corrected chi connectivity index (χ2v) is 5.07. The Morgan fingerprint density at radius 2 is 2.32 bits per heavy atom. The normalized spacial score (nSPS) is 22.2. The van der Waals surface area contributed by atoms with Gasteiger partial charge in [-0.2, -0.15) is 0 Å². The lowest BCUT2D eigenvalue weighted by atomic mass is 10.00. The molecule has 0 unspecified atom stereocenters. The summed E-state index contributed by atoms with van der Waals surface area (Å²) >= 11 is 0. The SMILES string of the molecule is CCOc1cccc(NC(=O)C[C@@H]2CCC[C@H]2N)c1. The molecule has 0 radical (unpaired) electrons.